The van der Waals surface area contributed by atoms with Crippen LogP contribution in [0, 0.1) is 0 Å². The summed E-state index contributed by atoms with van der Waals surface area (Å²) in [4.78, 5) is 15.8. The number of ether oxygens (including phenoxy) is 1. The van der Waals surface area contributed by atoms with E-state index in [-0.39, 0.29) is 6.42 Å². The molecule has 0 saturated heterocycles. The molecular formula is C31H42N2O3. The van der Waals surface area contributed by atoms with Crippen LogP contribution in [0.15, 0.2) is 60.7 Å². The Morgan fingerprint density at radius 2 is 1.36 bits per heavy atom. The molecule has 0 aliphatic carbocycles. The van der Waals surface area contributed by atoms with Crippen molar-refractivity contribution in [1.29, 1.82) is 0 Å². The molecule has 0 atom stereocenters. The predicted octanol–water partition coefficient (Wildman–Crippen LogP) is 8.38. The van der Waals surface area contributed by atoms with E-state index in [9.17, 15) is 4.79 Å². The molecule has 2 aromatic carbocycles. The molecule has 5 nitrogen and oxygen atoms in total. The second kappa shape index (κ2) is 15.8. The van der Waals surface area contributed by atoms with Crippen LogP contribution in [0.2, 0.25) is 0 Å². The van der Waals surface area contributed by atoms with Crippen molar-refractivity contribution in [1.82, 2.24) is 9.55 Å². The monoisotopic (exact) mass is 490 g/mol. The van der Waals surface area contributed by atoms with Crippen molar-refractivity contribution in [2.45, 2.75) is 90.5 Å². The average Bonchev–Trinajstić information content (AvgIpc) is 3.26. The van der Waals surface area contributed by atoms with Gasteiger partial charge >= 0.3 is 5.97 Å². The number of nitrogens with zero attached hydrogens (tertiary/aromatic N) is 2. The highest BCUT2D eigenvalue weighted by Gasteiger charge is 2.21. The van der Waals surface area contributed by atoms with Gasteiger partial charge in [-0.15, -0.1) is 0 Å². The van der Waals surface area contributed by atoms with Crippen LogP contribution < -0.4 is 4.74 Å². The maximum absolute atomic E-state index is 10.8. The molecule has 0 spiro atoms. The van der Waals surface area contributed by atoms with Crippen LogP contribution in [0.1, 0.15) is 84.0 Å². The first-order valence-corrected chi connectivity index (χ1v) is 13.8. The van der Waals surface area contributed by atoms with Crippen LogP contribution in [-0.4, -0.2) is 27.2 Å². The van der Waals surface area contributed by atoms with E-state index in [1.165, 1.54) is 32.1 Å². The Morgan fingerprint density at radius 3 is 2.03 bits per heavy atom. The molecule has 194 valence electrons. The Hall–Kier alpha value is -3.08. The zero-order valence-electron chi connectivity index (χ0n) is 21.8. The van der Waals surface area contributed by atoms with Gasteiger partial charge in [0.1, 0.15) is 5.69 Å². The number of benzene rings is 2. The summed E-state index contributed by atoms with van der Waals surface area (Å²) in [6.07, 6.45) is 12.4. The van der Waals surface area contributed by atoms with Gasteiger partial charge in [-0.3, -0.25) is 9.36 Å². The van der Waals surface area contributed by atoms with E-state index in [2.05, 4.69) is 60.0 Å². The Kier molecular flexibility index (Phi) is 12.1. The molecule has 0 saturated carbocycles. The zero-order chi connectivity index (χ0) is 25.4. The number of imidazole rings is 1. The van der Waals surface area contributed by atoms with Gasteiger partial charge in [-0.2, -0.15) is 4.98 Å². The van der Waals surface area contributed by atoms with E-state index in [1.807, 2.05) is 12.1 Å². The third-order valence-electron chi connectivity index (χ3n) is 6.53. The largest absolute Gasteiger partial charge is 0.481 e. The highest BCUT2D eigenvalue weighted by molar-refractivity contribution is 5.79. The van der Waals surface area contributed by atoms with Gasteiger partial charge in [0.2, 0.25) is 0 Å². The summed E-state index contributed by atoms with van der Waals surface area (Å²) >= 11 is 0. The van der Waals surface area contributed by atoms with Crippen molar-refractivity contribution < 1.29 is 14.6 Å². The van der Waals surface area contributed by atoms with Gasteiger partial charge < -0.3 is 9.84 Å². The Bertz CT molecular complexity index is 1020. The number of carbonyl (C=O) groups is 1. The fraction of sp³-hybridized carbons (Fsp3) is 0.484. The third-order valence-corrected chi connectivity index (χ3v) is 6.53. The molecule has 5 heteroatoms. The standard InChI is InChI=1S/C31H42N2O3/c1-2-3-4-5-9-18-25-36-31-32-29(26-19-12-10-13-20-26)30(27-21-14-11-15-22-27)33(31)24-17-8-6-7-16-23-28(34)35/h10-15,19-22H,2-9,16-18,23-25H2,1H3,(H,34,35). The molecule has 1 N–H and O–H groups in total. The van der Waals surface area contributed by atoms with Crippen molar-refractivity contribution in [3.63, 3.8) is 0 Å². The smallest absolute Gasteiger partial charge is 0.303 e. The highest BCUT2D eigenvalue weighted by atomic mass is 16.5. The first kappa shape index (κ1) is 27.5. The predicted molar refractivity (Wildman–Crippen MR) is 147 cm³/mol. The van der Waals surface area contributed by atoms with E-state index in [0.29, 0.717) is 12.6 Å². The number of hydrogen-bond acceptors (Lipinski definition) is 3. The van der Waals surface area contributed by atoms with Crippen LogP contribution in [-0.2, 0) is 11.3 Å². The van der Waals surface area contributed by atoms with Crippen molar-refractivity contribution in [3.05, 3.63) is 60.7 Å². The molecule has 36 heavy (non-hydrogen) atoms. The maximum Gasteiger partial charge on any atom is 0.303 e. The van der Waals surface area contributed by atoms with Crippen LogP contribution in [0.3, 0.4) is 0 Å². The molecular weight excluding hydrogens is 448 g/mol. The van der Waals surface area contributed by atoms with E-state index in [0.717, 1.165) is 67.6 Å². The third kappa shape index (κ3) is 8.85. The second-order valence-corrected chi connectivity index (χ2v) is 9.50. The summed E-state index contributed by atoms with van der Waals surface area (Å²) in [6, 6.07) is 21.5. The number of rotatable bonds is 18. The lowest BCUT2D eigenvalue weighted by Crippen LogP contribution is -2.07. The van der Waals surface area contributed by atoms with E-state index in [4.69, 9.17) is 14.8 Å². The minimum absolute atomic E-state index is 0.260. The summed E-state index contributed by atoms with van der Waals surface area (Å²) in [5, 5.41) is 8.85. The summed E-state index contributed by atoms with van der Waals surface area (Å²) in [7, 11) is 0. The molecule has 0 amide bonds. The van der Waals surface area contributed by atoms with Crippen LogP contribution >= 0.6 is 0 Å². The summed E-state index contributed by atoms with van der Waals surface area (Å²) in [5.41, 5.74) is 4.29. The lowest BCUT2D eigenvalue weighted by molar-refractivity contribution is -0.137. The molecule has 1 aromatic heterocycles. The normalized spacial score (nSPS) is 11.0. The number of hydrogen-bond donors (Lipinski definition) is 1. The second-order valence-electron chi connectivity index (χ2n) is 9.50. The molecule has 0 unspecified atom stereocenters. The van der Waals surface area contributed by atoms with E-state index in [1.54, 1.807) is 0 Å². The molecule has 0 fully saturated rings. The molecule has 0 bridgehead atoms. The minimum atomic E-state index is -0.707. The minimum Gasteiger partial charge on any atom is -0.481 e. The van der Waals surface area contributed by atoms with Crippen LogP contribution in [0.25, 0.3) is 22.5 Å². The fourth-order valence-electron chi connectivity index (χ4n) is 4.56. The first-order valence-electron chi connectivity index (χ1n) is 13.8. The average molecular weight is 491 g/mol. The molecule has 3 rings (SSSR count). The van der Waals surface area contributed by atoms with Crippen molar-refractivity contribution in [2.75, 3.05) is 6.61 Å². The van der Waals surface area contributed by atoms with E-state index >= 15 is 0 Å². The van der Waals surface area contributed by atoms with Crippen molar-refractivity contribution in [2.24, 2.45) is 0 Å². The van der Waals surface area contributed by atoms with Gasteiger partial charge in [0.25, 0.3) is 6.01 Å². The lowest BCUT2D eigenvalue weighted by atomic mass is 10.0. The summed E-state index contributed by atoms with van der Waals surface area (Å²) in [6.45, 7) is 3.75. The molecule has 0 aliphatic rings. The number of aliphatic carboxylic acids is 1. The SMILES string of the molecule is CCCCCCCCOc1nc(-c2ccccc2)c(-c2ccccc2)n1CCCCCCCC(=O)O. The quantitative estimate of drug-likeness (QED) is 0.182. The molecule has 1 heterocycles. The maximum atomic E-state index is 10.8. The van der Waals surface area contributed by atoms with Crippen molar-refractivity contribution in [3.8, 4) is 28.5 Å². The molecule has 0 radical (unpaired) electrons. The highest BCUT2D eigenvalue weighted by Crippen LogP contribution is 2.36. The number of carboxylic acids is 1. The Balaban J connectivity index is 1.76. The fourth-order valence-corrected chi connectivity index (χ4v) is 4.56. The first-order chi connectivity index (χ1) is 17.7. The molecule has 3 aromatic rings. The Labute approximate surface area is 216 Å². The molecule has 0 aliphatic heterocycles. The van der Waals surface area contributed by atoms with Crippen LogP contribution in [0.4, 0.5) is 0 Å². The van der Waals surface area contributed by atoms with Gasteiger partial charge in [-0.25, -0.2) is 0 Å². The van der Waals surface area contributed by atoms with Gasteiger partial charge in [-0.1, -0.05) is 119 Å². The summed E-state index contributed by atoms with van der Waals surface area (Å²) in [5.74, 6) is -0.707. The summed E-state index contributed by atoms with van der Waals surface area (Å²) < 4.78 is 8.57. The van der Waals surface area contributed by atoms with E-state index < -0.39 is 5.97 Å². The van der Waals surface area contributed by atoms with Gasteiger partial charge in [0, 0.05) is 24.1 Å². The van der Waals surface area contributed by atoms with Crippen molar-refractivity contribution >= 4 is 5.97 Å². The Morgan fingerprint density at radius 1 is 0.778 bits per heavy atom. The lowest BCUT2D eigenvalue weighted by Gasteiger charge is -2.13. The number of aromatic nitrogens is 2. The van der Waals surface area contributed by atoms with Gasteiger partial charge in [-0.05, 0) is 19.3 Å². The number of carboxylic acid groups (broad SMARTS) is 1. The zero-order valence-corrected chi connectivity index (χ0v) is 21.8. The van der Waals surface area contributed by atoms with Crippen LogP contribution in [0.5, 0.6) is 6.01 Å². The topological polar surface area (TPSA) is 64.4 Å². The number of unbranched alkanes of at least 4 members (excludes halogenated alkanes) is 9. The van der Waals surface area contributed by atoms with Gasteiger partial charge in [0.05, 0.1) is 12.3 Å². The van der Waals surface area contributed by atoms with Gasteiger partial charge in [0.15, 0.2) is 0 Å².